The molecule has 6 nitrogen and oxygen atoms in total. The Kier molecular flexibility index (Phi) is 7.05. The molecule has 1 amide bonds. The molecule has 0 aliphatic carbocycles. The zero-order valence-electron chi connectivity index (χ0n) is 14.3. The maximum atomic E-state index is 11.8. The third-order valence-electron chi connectivity index (χ3n) is 3.31. The molecule has 1 N–H and O–H groups in total. The fourth-order valence-corrected chi connectivity index (χ4v) is 2.58. The number of carbonyl (C=O) groups is 1. The number of hydrazone groups is 1. The van der Waals surface area contributed by atoms with Crippen LogP contribution in [0.4, 0.5) is 5.69 Å². The van der Waals surface area contributed by atoms with Gasteiger partial charge in [-0.15, -0.1) is 0 Å². The van der Waals surface area contributed by atoms with Gasteiger partial charge < -0.3 is 14.4 Å². The molecule has 0 aliphatic heterocycles. The lowest BCUT2D eigenvalue weighted by Crippen LogP contribution is -2.24. The lowest BCUT2D eigenvalue weighted by Gasteiger charge is -2.11. The van der Waals surface area contributed by atoms with Crippen LogP contribution >= 0.6 is 22.6 Å². The second-order valence-corrected chi connectivity index (χ2v) is 6.53. The summed E-state index contributed by atoms with van der Waals surface area (Å²) >= 11 is 2.13. The van der Waals surface area contributed by atoms with Crippen molar-refractivity contribution in [3.8, 4) is 11.5 Å². The van der Waals surface area contributed by atoms with Gasteiger partial charge >= 0.3 is 0 Å². The van der Waals surface area contributed by atoms with Crippen LogP contribution in [0, 0.1) is 3.57 Å². The van der Waals surface area contributed by atoms with Gasteiger partial charge in [-0.25, -0.2) is 5.43 Å². The van der Waals surface area contributed by atoms with Crippen LogP contribution in [0.2, 0.25) is 0 Å². The molecule has 2 aromatic rings. The van der Waals surface area contributed by atoms with Gasteiger partial charge in [0.25, 0.3) is 5.91 Å². The van der Waals surface area contributed by atoms with Gasteiger partial charge in [0.2, 0.25) is 0 Å². The van der Waals surface area contributed by atoms with Crippen LogP contribution in [0.5, 0.6) is 11.5 Å². The van der Waals surface area contributed by atoms with E-state index in [9.17, 15) is 4.79 Å². The number of ether oxygens (including phenoxy) is 2. The van der Waals surface area contributed by atoms with E-state index >= 15 is 0 Å². The Morgan fingerprint density at radius 1 is 1.24 bits per heavy atom. The smallest absolute Gasteiger partial charge is 0.277 e. The van der Waals surface area contributed by atoms with E-state index in [4.69, 9.17) is 9.47 Å². The van der Waals surface area contributed by atoms with Crippen molar-refractivity contribution in [2.75, 3.05) is 32.7 Å². The first-order chi connectivity index (χ1) is 12.0. The number of rotatable bonds is 7. The summed E-state index contributed by atoms with van der Waals surface area (Å²) in [7, 11) is 5.56. The summed E-state index contributed by atoms with van der Waals surface area (Å²) in [6.45, 7) is -0.112. The van der Waals surface area contributed by atoms with Gasteiger partial charge in [0.1, 0.15) is 11.5 Å². The second kappa shape index (κ2) is 9.26. The van der Waals surface area contributed by atoms with Crippen molar-refractivity contribution < 1.29 is 14.3 Å². The lowest BCUT2D eigenvalue weighted by atomic mass is 10.2. The quantitative estimate of drug-likeness (QED) is 0.398. The fourth-order valence-electron chi connectivity index (χ4n) is 1.94. The third kappa shape index (κ3) is 5.93. The van der Waals surface area contributed by atoms with E-state index in [0.717, 1.165) is 20.6 Å². The molecule has 0 fully saturated rings. The van der Waals surface area contributed by atoms with Crippen molar-refractivity contribution in [1.29, 1.82) is 0 Å². The van der Waals surface area contributed by atoms with Gasteiger partial charge in [0, 0.05) is 19.8 Å². The van der Waals surface area contributed by atoms with Crippen LogP contribution in [-0.2, 0) is 4.79 Å². The van der Waals surface area contributed by atoms with Crippen molar-refractivity contribution in [1.82, 2.24) is 5.43 Å². The molecule has 2 aromatic carbocycles. The molecule has 0 unspecified atom stereocenters. The summed E-state index contributed by atoms with van der Waals surface area (Å²) in [4.78, 5) is 13.8. The highest BCUT2D eigenvalue weighted by atomic mass is 127. The first-order valence-electron chi connectivity index (χ1n) is 7.55. The van der Waals surface area contributed by atoms with E-state index in [1.807, 2.05) is 49.3 Å². The molecule has 132 valence electrons. The molecule has 2 rings (SSSR count). The van der Waals surface area contributed by atoms with Crippen molar-refractivity contribution >= 4 is 40.4 Å². The van der Waals surface area contributed by atoms with Crippen LogP contribution in [0.1, 0.15) is 5.56 Å². The Morgan fingerprint density at radius 2 is 1.96 bits per heavy atom. The normalized spacial score (nSPS) is 10.6. The minimum atomic E-state index is -0.326. The number of hydrogen-bond donors (Lipinski definition) is 1. The van der Waals surface area contributed by atoms with E-state index in [2.05, 4.69) is 33.1 Å². The van der Waals surface area contributed by atoms with E-state index in [1.54, 1.807) is 25.5 Å². The van der Waals surface area contributed by atoms with Crippen molar-refractivity contribution in [2.45, 2.75) is 0 Å². The third-order valence-corrected chi connectivity index (χ3v) is 4.15. The van der Waals surface area contributed by atoms with E-state index < -0.39 is 0 Å². The number of nitrogens with one attached hydrogen (secondary N) is 1. The summed E-state index contributed by atoms with van der Waals surface area (Å²) in [6.07, 6.45) is 1.59. The zero-order chi connectivity index (χ0) is 18.2. The summed E-state index contributed by atoms with van der Waals surface area (Å²) in [5.74, 6) is 1.04. The molecule has 0 radical (unpaired) electrons. The van der Waals surface area contributed by atoms with Crippen LogP contribution in [-0.4, -0.2) is 39.9 Å². The summed E-state index contributed by atoms with van der Waals surface area (Å²) in [5, 5.41) is 3.94. The summed E-state index contributed by atoms with van der Waals surface area (Å²) in [6, 6.07) is 13.2. The van der Waals surface area contributed by atoms with Gasteiger partial charge in [0.05, 0.1) is 16.9 Å². The van der Waals surface area contributed by atoms with Gasteiger partial charge in [-0.2, -0.15) is 5.10 Å². The van der Waals surface area contributed by atoms with Crippen LogP contribution in [0.3, 0.4) is 0 Å². The number of anilines is 1. The molecule has 0 aromatic heterocycles. The van der Waals surface area contributed by atoms with Crippen LogP contribution in [0.25, 0.3) is 0 Å². The molecule has 0 heterocycles. The maximum Gasteiger partial charge on any atom is 0.277 e. The Hall–Kier alpha value is -2.29. The standard InChI is InChI=1S/C18H20IN3O3/c1-22(2)14-6-4-13(5-7-14)11-20-21-18(23)12-25-17-9-8-15(24-3)10-16(17)19/h4-11H,12H2,1-3H3,(H,21,23)/b20-11-. The maximum absolute atomic E-state index is 11.8. The Morgan fingerprint density at radius 3 is 2.56 bits per heavy atom. The summed E-state index contributed by atoms with van der Waals surface area (Å²) < 4.78 is 11.5. The van der Waals surface area contributed by atoms with Gasteiger partial charge in [-0.1, -0.05) is 12.1 Å². The van der Waals surface area contributed by atoms with Crippen LogP contribution < -0.4 is 19.8 Å². The highest BCUT2D eigenvalue weighted by Crippen LogP contribution is 2.25. The fraction of sp³-hybridized carbons (Fsp3) is 0.222. The Balaban J connectivity index is 1.82. The summed E-state index contributed by atoms with van der Waals surface area (Å²) in [5.41, 5.74) is 4.45. The van der Waals surface area contributed by atoms with E-state index in [0.29, 0.717) is 5.75 Å². The number of methoxy groups -OCH3 is 1. The predicted octanol–water partition coefficient (Wildman–Crippen LogP) is 2.89. The zero-order valence-corrected chi connectivity index (χ0v) is 16.5. The average molecular weight is 453 g/mol. The highest BCUT2D eigenvalue weighted by molar-refractivity contribution is 14.1. The van der Waals surface area contributed by atoms with Crippen molar-refractivity contribution in [3.05, 3.63) is 51.6 Å². The number of amides is 1. The molecule has 0 saturated carbocycles. The minimum Gasteiger partial charge on any atom is -0.497 e. The number of benzene rings is 2. The monoisotopic (exact) mass is 453 g/mol. The highest BCUT2D eigenvalue weighted by Gasteiger charge is 2.06. The van der Waals surface area contributed by atoms with Gasteiger partial charge in [0.15, 0.2) is 6.61 Å². The van der Waals surface area contributed by atoms with Crippen molar-refractivity contribution in [3.63, 3.8) is 0 Å². The van der Waals surface area contributed by atoms with E-state index in [-0.39, 0.29) is 12.5 Å². The first-order valence-corrected chi connectivity index (χ1v) is 8.63. The van der Waals surface area contributed by atoms with Gasteiger partial charge in [-0.3, -0.25) is 4.79 Å². The topological polar surface area (TPSA) is 63.2 Å². The second-order valence-electron chi connectivity index (χ2n) is 5.36. The average Bonchev–Trinajstić information content (AvgIpc) is 2.61. The SMILES string of the molecule is COc1ccc(OCC(=O)N/N=C\c2ccc(N(C)C)cc2)c(I)c1. The first kappa shape index (κ1) is 19.0. The minimum absolute atomic E-state index is 0.112. The number of halogens is 1. The Labute approximate surface area is 161 Å². The number of hydrogen-bond acceptors (Lipinski definition) is 5. The molecule has 0 saturated heterocycles. The predicted molar refractivity (Wildman–Crippen MR) is 108 cm³/mol. The molecule has 7 heteroatoms. The van der Waals surface area contributed by atoms with Gasteiger partial charge in [-0.05, 0) is 58.5 Å². The molecular weight excluding hydrogens is 433 g/mol. The largest absolute Gasteiger partial charge is 0.497 e. The molecule has 0 atom stereocenters. The molecule has 0 spiro atoms. The molecule has 25 heavy (non-hydrogen) atoms. The van der Waals surface area contributed by atoms with Crippen LogP contribution in [0.15, 0.2) is 47.6 Å². The number of carbonyl (C=O) groups excluding carboxylic acids is 1. The van der Waals surface area contributed by atoms with E-state index in [1.165, 1.54) is 0 Å². The molecule has 0 bridgehead atoms. The molecular formula is C18H20IN3O3. The lowest BCUT2D eigenvalue weighted by molar-refractivity contribution is -0.123. The number of nitrogens with zero attached hydrogens (tertiary/aromatic N) is 2. The Bertz CT molecular complexity index is 746. The molecule has 0 aliphatic rings. The van der Waals surface area contributed by atoms with Crippen molar-refractivity contribution in [2.24, 2.45) is 5.10 Å².